The minimum atomic E-state index is -0.271. The van der Waals surface area contributed by atoms with E-state index in [0.29, 0.717) is 22.3 Å². The monoisotopic (exact) mass is 393 g/mol. The van der Waals surface area contributed by atoms with Crippen molar-refractivity contribution in [3.05, 3.63) is 68.4 Å². The highest BCUT2D eigenvalue weighted by Gasteiger charge is 2.09. The van der Waals surface area contributed by atoms with Crippen LogP contribution in [0.25, 0.3) is 0 Å². The fourth-order valence-electron chi connectivity index (χ4n) is 1.79. The Labute approximate surface area is 153 Å². The molecular formula is C16H12Cl4FNO. The van der Waals surface area contributed by atoms with E-state index in [1.165, 1.54) is 18.2 Å². The van der Waals surface area contributed by atoms with E-state index in [0.717, 1.165) is 11.3 Å². The molecule has 122 valence electrons. The summed E-state index contributed by atoms with van der Waals surface area (Å²) < 4.78 is 18.4. The van der Waals surface area contributed by atoms with E-state index in [1.54, 1.807) is 24.3 Å². The van der Waals surface area contributed by atoms with Gasteiger partial charge in [-0.2, -0.15) is 0 Å². The van der Waals surface area contributed by atoms with Crippen LogP contribution in [0.5, 0.6) is 5.75 Å². The van der Waals surface area contributed by atoms with Gasteiger partial charge in [-0.1, -0.05) is 58.5 Å². The van der Waals surface area contributed by atoms with Crippen LogP contribution in [0.1, 0.15) is 5.56 Å². The van der Waals surface area contributed by atoms with Crippen molar-refractivity contribution in [3.63, 3.8) is 0 Å². The normalized spacial score (nSPS) is 10.3. The van der Waals surface area contributed by atoms with Crippen LogP contribution >= 0.6 is 46.4 Å². The molecule has 0 bridgehead atoms. The molecule has 2 rings (SSSR count). The van der Waals surface area contributed by atoms with Gasteiger partial charge in [0.2, 0.25) is 0 Å². The van der Waals surface area contributed by atoms with Crippen molar-refractivity contribution >= 4 is 52.1 Å². The van der Waals surface area contributed by atoms with Gasteiger partial charge in [-0.15, -0.1) is 0 Å². The van der Waals surface area contributed by atoms with Gasteiger partial charge in [-0.3, -0.25) is 0 Å². The van der Waals surface area contributed by atoms with Gasteiger partial charge >= 0.3 is 0 Å². The second-order valence-electron chi connectivity index (χ2n) is 4.55. The molecule has 0 unspecified atom stereocenters. The Morgan fingerprint density at radius 3 is 2.26 bits per heavy atom. The Hall–Kier alpha value is -1.13. The van der Waals surface area contributed by atoms with Crippen LogP contribution in [0.15, 0.2) is 47.0 Å². The van der Waals surface area contributed by atoms with Gasteiger partial charge in [0.25, 0.3) is 0 Å². The smallest absolute Gasteiger partial charge is 0.157 e. The minimum absolute atomic E-state index is 0.106. The number of hydrogen-bond donors (Lipinski definition) is 1. The van der Waals surface area contributed by atoms with Gasteiger partial charge in [0.15, 0.2) is 5.75 Å². The lowest BCUT2D eigenvalue weighted by Gasteiger charge is -2.12. The average molecular weight is 395 g/mol. The summed E-state index contributed by atoms with van der Waals surface area (Å²) in [7, 11) is 0. The second kappa shape index (κ2) is 8.65. The maximum atomic E-state index is 12.9. The topological polar surface area (TPSA) is 21.3 Å². The molecule has 2 aromatic rings. The molecule has 0 aliphatic rings. The summed E-state index contributed by atoms with van der Waals surface area (Å²) in [5.41, 5.74) is 1.66. The van der Waals surface area contributed by atoms with Gasteiger partial charge in [-0.25, -0.2) is 4.39 Å². The van der Waals surface area contributed by atoms with E-state index >= 15 is 0 Å². The van der Waals surface area contributed by atoms with Crippen LogP contribution in [0.2, 0.25) is 10.0 Å². The molecule has 23 heavy (non-hydrogen) atoms. The molecule has 7 heteroatoms. The van der Waals surface area contributed by atoms with Crippen molar-refractivity contribution < 1.29 is 9.13 Å². The standard InChI is InChI=1S/C16H12Cl4FNO/c17-13-7-12(22-9-10-1-3-11(21)4-2-10)8-14(18)16(13)23-6-5-15(19)20/h1-5,7-8,22H,6,9H2. The summed E-state index contributed by atoms with van der Waals surface area (Å²) in [5.74, 6) is 0.0824. The molecular weight excluding hydrogens is 383 g/mol. The number of ether oxygens (including phenoxy) is 1. The summed E-state index contributed by atoms with van der Waals surface area (Å²) in [6.45, 7) is 0.669. The van der Waals surface area contributed by atoms with Crippen molar-refractivity contribution in [2.45, 2.75) is 6.54 Å². The Bertz CT molecular complexity index is 677. The Kier molecular flexibility index (Phi) is 6.85. The quantitative estimate of drug-likeness (QED) is 0.608. The number of anilines is 1. The summed E-state index contributed by atoms with van der Waals surface area (Å²) in [6.07, 6.45) is 1.48. The van der Waals surface area contributed by atoms with E-state index in [1.807, 2.05) is 0 Å². The number of rotatable bonds is 6. The average Bonchev–Trinajstić information content (AvgIpc) is 2.49. The largest absolute Gasteiger partial charge is 0.486 e. The van der Waals surface area contributed by atoms with Crippen molar-refractivity contribution in [2.75, 3.05) is 11.9 Å². The van der Waals surface area contributed by atoms with Crippen molar-refractivity contribution in [1.29, 1.82) is 0 Å². The molecule has 0 amide bonds. The maximum Gasteiger partial charge on any atom is 0.157 e. The molecule has 0 spiro atoms. The summed E-state index contributed by atoms with van der Waals surface area (Å²) >= 11 is 23.3. The van der Waals surface area contributed by atoms with Crippen LogP contribution in [0.3, 0.4) is 0 Å². The first-order valence-corrected chi connectivity index (χ1v) is 8.08. The predicted octanol–water partition coefficient (Wildman–Crippen LogP) is 6.44. The van der Waals surface area contributed by atoms with Crippen LogP contribution in [0.4, 0.5) is 10.1 Å². The zero-order chi connectivity index (χ0) is 16.8. The van der Waals surface area contributed by atoms with E-state index in [4.69, 9.17) is 51.1 Å². The lowest BCUT2D eigenvalue weighted by atomic mass is 10.2. The number of benzene rings is 2. The second-order valence-corrected chi connectivity index (χ2v) is 6.38. The summed E-state index contributed by atoms with van der Waals surface area (Å²) in [6, 6.07) is 9.60. The molecule has 0 aromatic heterocycles. The molecule has 0 saturated carbocycles. The third-order valence-corrected chi connectivity index (χ3v) is 3.74. The number of hydrogen-bond acceptors (Lipinski definition) is 2. The van der Waals surface area contributed by atoms with Crippen LogP contribution < -0.4 is 10.1 Å². The third kappa shape index (κ3) is 5.78. The maximum absolute atomic E-state index is 12.9. The van der Waals surface area contributed by atoms with Gasteiger partial charge in [0.1, 0.15) is 16.9 Å². The van der Waals surface area contributed by atoms with E-state index in [-0.39, 0.29) is 16.9 Å². The zero-order valence-corrected chi connectivity index (χ0v) is 14.8. The SMILES string of the molecule is Fc1ccc(CNc2cc(Cl)c(OCC=C(Cl)Cl)c(Cl)c2)cc1. The first kappa shape index (κ1) is 18.2. The van der Waals surface area contributed by atoms with E-state index in [2.05, 4.69) is 5.32 Å². The summed E-state index contributed by atoms with van der Waals surface area (Å²) in [5, 5.41) is 3.88. The van der Waals surface area contributed by atoms with Crippen molar-refractivity contribution in [3.8, 4) is 5.75 Å². The molecule has 0 atom stereocenters. The highest BCUT2D eigenvalue weighted by atomic mass is 35.5. The molecule has 0 aliphatic heterocycles. The molecule has 2 aromatic carbocycles. The first-order valence-electron chi connectivity index (χ1n) is 6.57. The first-order chi connectivity index (χ1) is 11.0. The molecule has 0 fully saturated rings. The lowest BCUT2D eigenvalue weighted by Crippen LogP contribution is -2.01. The fourth-order valence-corrected chi connectivity index (χ4v) is 2.52. The number of nitrogens with one attached hydrogen (secondary N) is 1. The van der Waals surface area contributed by atoms with E-state index < -0.39 is 0 Å². The zero-order valence-electron chi connectivity index (χ0n) is 11.8. The van der Waals surface area contributed by atoms with Crippen molar-refractivity contribution in [1.82, 2.24) is 0 Å². The molecule has 2 nitrogen and oxygen atoms in total. The van der Waals surface area contributed by atoms with Gasteiger partial charge < -0.3 is 10.1 Å². The fraction of sp³-hybridized carbons (Fsp3) is 0.125. The van der Waals surface area contributed by atoms with Crippen LogP contribution in [-0.4, -0.2) is 6.61 Å². The van der Waals surface area contributed by atoms with Gasteiger partial charge in [0.05, 0.1) is 10.0 Å². The molecule has 0 aliphatic carbocycles. The lowest BCUT2D eigenvalue weighted by molar-refractivity contribution is 0.363. The molecule has 0 heterocycles. The number of halogens is 5. The molecule has 1 N–H and O–H groups in total. The van der Waals surface area contributed by atoms with Crippen molar-refractivity contribution in [2.24, 2.45) is 0 Å². The van der Waals surface area contributed by atoms with Crippen LogP contribution in [0, 0.1) is 5.82 Å². The Morgan fingerprint density at radius 2 is 1.70 bits per heavy atom. The Balaban J connectivity index is 2.03. The highest BCUT2D eigenvalue weighted by molar-refractivity contribution is 6.55. The highest BCUT2D eigenvalue weighted by Crippen LogP contribution is 2.36. The van der Waals surface area contributed by atoms with Gasteiger partial charge in [0, 0.05) is 12.2 Å². The molecule has 0 radical (unpaired) electrons. The third-order valence-electron chi connectivity index (χ3n) is 2.87. The predicted molar refractivity (Wildman–Crippen MR) is 95.5 cm³/mol. The molecule has 0 saturated heterocycles. The Morgan fingerprint density at radius 1 is 1.09 bits per heavy atom. The summed E-state index contributed by atoms with van der Waals surface area (Å²) in [4.78, 5) is 0. The van der Waals surface area contributed by atoms with E-state index in [9.17, 15) is 4.39 Å². The van der Waals surface area contributed by atoms with Gasteiger partial charge in [-0.05, 0) is 35.9 Å². The van der Waals surface area contributed by atoms with Crippen LogP contribution in [-0.2, 0) is 6.54 Å². The minimum Gasteiger partial charge on any atom is -0.486 e.